The lowest BCUT2D eigenvalue weighted by Crippen LogP contribution is -2.63. The monoisotopic (exact) mass is 796 g/mol. The number of hydrogen-bond donors (Lipinski definition) is 0. The standard InChI is InChI=1S/C58H44Si2/c1-59(2)51-35-41(53-43-23-13-11-21-39(43)27-31-45(53)37-17-7-5-8-18-37)29-33-49(51)55-47-25-15-16-26-48(47)56-50-34-30-42(36-52(50)60(3,4)58(56)57(55)59)54-44-24-14-12-22-40(44)28-32-46(54)38-19-9-6-10-20-38/h5-36H,1-4H3. The Hall–Kier alpha value is -6.59. The van der Waals surface area contributed by atoms with Gasteiger partial charge in [-0.05, 0) is 120 Å². The summed E-state index contributed by atoms with van der Waals surface area (Å²) in [5, 5.41) is 14.4. The molecule has 0 saturated carbocycles. The molecule has 60 heavy (non-hydrogen) atoms. The summed E-state index contributed by atoms with van der Waals surface area (Å²) >= 11 is 0. The van der Waals surface area contributed by atoms with Gasteiger partial charge in [-0.2, -0.15) is 0 Å². The van der Waals surface area contributed by atoms with Crippen LogP contribution in [0.1, 0.15) is 0 Å². The van der Waals surface area contributed by atoms with E-state index in [-0.39, 0.29) is 0 Å². The lowest BCUT2D eigenvalue weighted by atomic mass is 9.87. The van der Waals surface area contributed by atoms with Gasteiger partial charge >= 0.3 is 0 Å². The van der Waals surface area contributed by atoms with Crippen molar-refractivity contribution >= 4 is 69.2 Å². The largest absolute Gasteiger partial charge is 0.113 e. The van der Waals surface area contributed by atoms with Crippen molar-refractivity contribution in [1.29, 1.82) is 0 Å². The summed E-state index contributed by atoms with van der Waals surface area (Å²) in [5.41, 5.74) is 16.3. The molecule has 0 N–H and O–H groups in total. The SMILES string of the molecule is C[Si]1(C)c2cc(-c3c(-c4ccccc4)ccc4ccccc34)ccc2-c2c1c1c(c3ccccc23)-c2ccc(-c3c(-c4ccccc4)ccc4ccccc34)cc2[Si]1(C)C. The molecular weight excluding hydrogens is 753 g/mol. The van der Waals surface area contributed by atoms with Crippen LogP contribution in [-0.4, -0.2) is 16.1 Å². The molecule has 2 aliphatic rings. The predicted octanol–water partition coefficient (Wildman–Crippen LogP) is 13.4. The van der Waals surface area contributed by atoms with Gasteiger partial charge in [-0.1, -0.05) is 220 Å². The zero-order valence-corrected chi connectivity index (χ0v) is 36.5. The summed E-state index contributed by atoms with van der Waals surface area (Å²) < 4.78 is 0. The molecule has 284 valence electrons. The van der Waals surface area contributed by atoms with Gasteiger partial charge in [0.1, 0.15) is 16.1 Å². The van der Waals surface area contributed by atoms with Gasteiger partial charge in [0.05, 0.1) is 0 Å². The quantitative estimate of drug-likeness (QED) is 0.156. The van der Waals surface area contributed by atoms with Crippen LogP contribution in [0.15, 0.2) is 194 Å². The first-order chi connectivity index (χ1) is 29.3. The third kappa shape index (κ3) is 4.95. The minimum Gasteiger partial charge on any atom is -0.0622 e. The zero-order chi connectivity index (χ0) is 40.3. The van der Waals surface area contributed by atoms with Crippen molar-refractivity contribution in [2.75, 3.05) is 0 Å². The first kappa shape index (κ1) is 35.4. The Morgan fingerprint density at radius 2 is 0.617 bits per heavy atom. The van der Waals surface area contributed by atoms with Crippen molar-refractivity contribution in [3.8, 4) is 66.8 Å². The fourth-order valence-electron chi connectivity index (χ4n) is 11.3. The van der Waals surface area contributed by atoms with E-state index in [9.17, 15) is 0 Å². The molecule has 0 fully saturated rings. The van der Waals surface area contributed by atoms with Crippen LogP contribution >= 0.6 is 0 Å². The first-order valence-corrected chi connectivity index (χ1v) is 27.4. The van der Waals surface area contributed by atoms with Gasteiger partial charge < -0.3 is 0 Å². The van der Waals surface area contributed by atoms with E-state index in [1.54, 1.807) is 20.7 Å². The average Bonchev–Trinajstić information content (AvgIpc) is 3.67. The highest BCUT2D eigenvalue weighted by molar-refractivity contribution is 7.13. The molecule has 0 aliphatic carbocycles. The molecule has 0 saturated heterocycles. The topological polar surface area (TPSA) is 0 Å². The second-order valence-electron chi connectivity index (χ2n) is 18.0. The van der Waals surface area contributed by atoms with E-state index in [2.05, 4.69) is 220 Å². The summed E-state index contributed by atoms with van der Waals surface area (Å²) in [7, 11) is -4.49. The maximum Gasteiger partial charge on any atom is 0.113 e. The molecule has 2 heterocycles. The lowest BCUT2D eigenvalue weighted by molar-refractivity contribution is 1.61. The highest BCUT2D eigenvalue weighted by Crippen LogP contribution is 2.46. The molecule has 0 nitrogen and oxygen atoms in total. The van der Waals surface area contributed by atoms with Gasteiger partial charge in [-0.15, -0.1) is 0 Å². The molecule has 0 bridgehead atoms. The zero-order valence-electron chi connectivity index (χ0n) is 34.5. The van der Waals surface area contributed by atoms with Gasteiger partial charge in [-0.25, -0.2) is 0 Å². The second kappa shape index (κ2) is 13.0. The molecule has 10 aromatic rings. The summed E-state index contributed by atoms with van der Waals surface area (Å²) in [6, 6.07) is 73.3. The number of benzene rings is 10. The Morgan fingerprint density at radius 1 is 0.267 bits per heavy atom. The molecule has 0 radical (unpaired) electrons. The Balaban J connectivity index is 1.08. The first-order valence-electron chi connectivity index (χ1n) is 21.4. The number of hydrogen-bond acceptors (Lipinski definition) is 0. The van der Waals surface area contributed by atoms with Crippen molar-refractivity contribution in [3.05, 3.63) is 194 Å². The Morgan fingerprint density at radius 3 is 1.03 bits per heavy atom. The second-order valence-corrected chi connectivity index (χ2v) is 26.5. The lowest BCUT2D eigenvalue weighted by Gasteiger charge is -2.29. The van der Waals surface area contributed by atoms with E-state index in [4.69, 9.17) is 0 Å². The molecule has 2 aliphatic heterocycles. The van der Waals surface area contributed by atoms with Crippen molar-refractivity contribution in [2.24, 2.45) is 0 Å². The van der Waals surface area contributed by atoms with Crippen molar-refractivity contribution in [3.63, 3.8) is 0 Å². The summed E-state index contributed by atoms with van der Waals surface area (Å²) in [6.45, 7) is 10.6. The van der Waals surface area contributed by atoms with E-state index in [0.29, 0.717) is 0 Å². The van der Waals surface area contributed by atoms with Crippen LogP contribution in [0.2, 0.25) is 26.2 Å². The normalized spacial score (nSPS) is 14.3. The molecule has 0 aromatic heterocycles. The maximum atomic E-state index is 2.64. The van der Waals surface area contributed by atoms with Crippen LogP contribution in [0, 0.1) is 0 Å². The fraction of sp³-hybridized carbons (Fsp3) is 0.0690. The average molecular weight is 797 g/mol. The minimum absolute atomic E-state index is 1.26. The highest BCUT2D eigenvalue weighted by Gasteiger charge is 2.49. The van der Waals surface area contributed by atoms with Gasteiger partial charge in [0.2, 0.25) is 0 Å². The van der Waals surface area contributed by atoms with Gasteiger partial charge in [-0.3, -0.25) is 0 Å². The molecule has 2 heteroatoms. The van der Waals surface area contributed by atoms with Gasteiger partial charge in [0.25, 0.3) is 0 Å². The maximum absolute atomic E-state index is 2.64. The van der Waals surface area contributed by atoms with Crippen LogP contribution in [0.25, 0.3) is 99.1 Å². The van der Waals surface area contributed by atoms with Crippen molar-refractivity contribution in [2.45, 2.75) is 26.2 Å². The number of fused-ring (bicyclic) bond motifs is 12. The molecule has 0 amide bonds. The Bertz CT molecular complexity index is 3180. The van der Waals surface area contributed by atoms with E-state index in [1.807, 2.05) is 0 Å². The van der Waals surface area contributed by atoms with E-state index >= 15 is 0 Å². The van der Waals surface area contributed by atoms with E-state index in [1.165, 1.54) is 99.1 Å². The summed E-state index contributed by atoms with van der Waals surface area (Å²) in [6.07, 6.45) is 0. The molecule has 12 rings (SSSR count). The van der Waals surface area contributed by atoms with Crippen LogP contribution < -0.4 is 20.7 Å². The molecule has 10 aromatic carbocycles. The van der Waals surface area contributed by atoms with E-state index < -0.39 is 16.1 Å². The van der Waals surface area contributed by atoms with Crippen molar-refractivity contribution < 1.29 is 0 Å². The summed E-state index contributed by atoms with van der Waals surface area (Å²) in [4.78, 5) is 0. The van der Waals surface area contributed by atoms with Crippen molar-refractivity contribution in [1.82, 2.24) is 0 Å². The molecular formula is C58H44Si2. The Labute approximate surface area is 354 Å². The summed E-state index contributed by atoms with van der Waals surface area (Å²) in [5.74, 6) is 0. The van der Waals surface area contributed by atoms with Crippen LogP contribution in [0.5, 0.6) is 0 Å². The van der Waals surface area contributed by atoms with E-state index in [0.717, 1.165) is 0 Å². The predicted molar refractivity (Wildman–Crippen MR) is 265 cm³/mol. The van der Waals surface area contributed by atoms with Gasteiger partial charge in [0, 0.05) is 0 Å². The third-order valence-electron chi connectivity index (χ3n) is 14.0. The smallest absolute Gasteiger partial charge is 0.0622 e. The molecule has 0 atom stereocenters. The van der Waals surface area contributed by atoms with Gasteiger partial charge in [0.15, 0.2) is 0 Å². The van der Waals surface area contributed by atoms with Crippen LogP contribution in [-0.2, 0) is 0 Å². The molecule has 0 spiro atoms. The highest BCUT2D eigenvalue weighted by atomic mass is 28.3. The third-order valence-corrected chi connectivity index (χ3v) is 21.3. The Kier molecular flexibility index (Phi) is 7.64. The molecule has 0 unspecified atom stereocenters. The van der Waals surface area contributed by atoms with Crippen LogP contribution in [0.3, 0.4) is 0 Å². The van der Waals surface area contributed by atoms with Crippen LogP contribution in [0.4, 0.5) is 0 Å². The number of rotatable bonds is 4. The minimum atomic E-state index is -2.24. The fourth-order valence-corrected chi connectivity index (χ4v) is 19.8.